The van der Waals surface area contributed by atoms with E-state index in [-0.39, 0.29) is 11.6 Å². The molecular formula is C55H38F2N2. The molecule has 0 aliphatic heterocycles. The van der Waals surface area contributed by atoms with Crippen molar-refractivity contribution in [2.75, 3.05) is 9.80 Å². The molecule has 9 aromatic rings. The Kier molecular flexibility index (Phi) is 7.92. The monoisotopic (exact) mass is 764 g/mol. The van der Waals surface area contributed by atoms with Crippen molar-refractivity contribution in [3.63, 3.8) is 0 Å². The Labute approximate surface area is 342 Å². The number of halogens is 2. The Balaban J connectivity index is 1.17. The molecule has 0 aromatic heterocycles. The SMILES string of the molecule is Cc1ccccc1N(c1ccc(F)cc1)c1ccc2c(c1)C1(c3ccccc3-c3ccccc31)c1cc3cc(N(c4ccc(F)cc4)c4ccccc4C)ccc3cc1-2. The number of para-hydroxylation sites is 2. The van der Waals surface area contributed by atoms with Crippen LogP contribution in [0, 0.1) is 25.5 Å². The molecule has 0 heterocycles. The number of anilines is 6. The van der Waals surface area contributed by atoms with Crippen LogP contribution in [0.25, 0.3) is 33.0 Å². The van der Waals surface area contributed by atoms with E-state index < -0.39 is 5.41 Å². The van der Waals surface area contributed by atoms with Gasteiger partial charge in [-0.3, -0.25) is 0 Å². The summed E-state index contributed by atoms with van der Waals surface area (Å²) in [5, 5.41) is 2.25. The Morgan fingerprint density at radius 2 is 0.780 bits per heavy atom. The van der Waals surface area contributed by atoms with Gasteiger partial charge in [-0.05, 0) is 177 Å². The van der Waals surface area contributed by atoms with Crippen molar-refractivity contribution < 1.29 is 8.78 Å². The summed E-state index contributed by atoms with van der Waals surface area (Å²) in [5.74, 6) is -0.534. The van der Waals surface area contributed by atoms with Gasteiger partial charge in [0.05, 0.1) is 5.41 Å². The molecule has 0 unspecified atom stereocenters. The third-order valence-corrected chi connectivity index (χ3v) is 12.4. The molecule has 59 heavy (non-hydrogen) atoms. The molecule has 282 valence electrons. The average molecular weight is 765 g/mol. The number of fused-ring (bicyclic) bond motifs is 11. The van der Waals surface area contributed by atoms with Crippen molar-refractivity contribution in [1.29, 1.82) is 0 Å². The second-order valence-electron chi connectivity index (χ2n) is 15.7. The van der Waals surface area contributed by atoms with Crippen LogP contribution in [-0.4, -0.2) is 0 Å². The molecule has 0 saturated carbocycles. The number of hydrogen-bond donors (Lipinski definition) is 0. The quantitative estimate of drug-likeness (QED) is 0.166. The van der Waals surface area contributed by atoms with E-state index in [0.29, 0.717) is 0 Å². The van der Waals surface area contributed by atoms with Gasteiger partial charge in [0.15, 0.2) is 0 Å². The fourth-order valence-corrected chi connectivity index (χ4v) is 9.80. The second kappa shape index (κ2) is 13.4. The van der Waals surface area contributed by atoms with Crippen LogP contribution in [-0.2, 0) is 5.41 Å². The van der Waals surface area contributed by atoms with Gasteiger partial charge in [0.2, 0.25) is 0 Å². The molecule has 0 atom stereocenters. The maximum atomic E-state index is 14.4. The lowest BCUT2D eigenvalue weighted by atomic mass is 9.70. The number of rotatable bonds is 6. The molecule has 0 amide bonds. The van der Waals surface area contributed by atoms with Crippen molar-refractivity contribution in [2.24, 2.45) is 0 Å². The molecule has 1 spiro atoms. The van der Waals surface area contributed by atoms with Gasteiger partial charge in [-0.2, -0.15) is 0 Å². The summed E-state index contributed by atoms with van der Waals surface area (Å²) in [5.41, 5.74) is 17.3. The molecule has 11 rings (SSSR count). The molecular weight excluding hydrogens is 727 g/mol. The lowest BCUT2D eigenvalue weighted by molar-refractivity contribution is 0.627. The minimum atomic E-state index is -0.606. The van der Waals surface area contributed by atoms with Crippen LogP contribution in [0.15, 0.2) is 194 Å². The van der Waals surface area contributed by atoms with Gasteiger partial charge >= 0.3 is 0 Å². The van der Waals surface area contributed by atoms with Crippen LogP contribution in [0.5, 0.6) is 0 Å². The highest BCUT2D eigenvalue weighted by molar-refractivity contribution is 6.02. The summed E-state index contributed by atoms with van der Waals surface area (Å²) in [6.45, 7) is 4.23. The van der Waals surface area contributed by atoms with E-state index in [0.717, 1.165) is 56.0 Å². The fourth-order valence-electron chi connectivity index (χ4n) is 9.80. The average Bonchev–Trinajstić information content (AvgIpc) is 3.72. The Morgan fingerprint density at radius 1 is 0.339 bits per heavy atom. The Hall–Kier alpha value is -7.30. The summed E-state index contributed by atoms with van der Waals surface area (Å²) in [7, 11) is 0. The highest BCUT2D eigenvalue weighted by atomic mass is 19.1. The van der Waals surface area contributed by atoms with Crippen LogP contribution < -0.4 is 9.80 Å². The molecule has 0 radical (unpaired) electrons. The number of hydrogen-bond acceptors (Lipinski definition) is 2. The first-order valence-electron chi connectivity index (χ1n) is 20.1. The molecule has 0 bridgehead atoms. The lowest BCUT2D eigenvalue weighted by Crippen LogP contribution is -2.26. The first-order chi connectivity index (χ1) is 28.9. The van der Waals surface area contributed by atoms with Crippen molar-refractivity contribution in [3.05, 3.63) is 239 Å². The fraction of sp³-hybridized carbons (Fsp3) is 0.0545. The molecule has 4 heteroatoms. The van der Waals surface area contributed by atoms with E-state index in [4.69, 9.17) is 0 Å². The third-order valence-electron chi connectivity index (χ3n) is 12.4. The molecule has 0 N–H and O–H groups in total. The van der Waals surface area contributed by atoms with Crippen LogP contribution in [0.1, 0.15) is 33.4 Å². The lowest BCUT2D eigenvalue weighted by Gasteiger charge is -2.32. The molecule has 2 aliphatic rings. The maximum Gasteiger partial charge on any atom is 0.123 e. The minimum absolute atomic E-state index is 0.266. The summed E-state index contributed by atoms with van der Waals surface area (Å²) in [4.78, 5) is 4.46. The van der Waals surface area contributed by atoms with Gasteiger partial charge in [0.1, 0.15) is 11.6 Å². The van der Waals surface area contributed by atoms with Gasteiger partial charge < -0.3 is 9.80 Å². The molecule has 2 aliphatic carbocycles. The van der Waals surface area contributed by atoms with Crippen molar-refractivity contribution in [1.82, 2.24) is 0 Å². The van der Waals surface area contributed by atoms with Gasteiger partial charge in [-0.15, -0.1) is 0 Å². The van der Waals surface area contributed by atoms with Crippen molar-refractivity contribution >= 4 is 44.9 Å². The Bertz CT molecular complexity index is 3070. The summed E-state index contributed by atoms with van der Waals surface area (Å²) >= 11 is 0. The van der Waals surface area contributed by atoms with Gasteiger partial charge in [0, 0.05) is 34.1 Å². The smallest absolute Gasteiger partial charge is 0.123 e. The maximum absolute atomic E-state index is 14.4. The van der Waals surface area contributed by atoms with Crippen molar-refractivity contribution in [3.8, 4) is 22.3 Å². The van der Waals surface area contributed by atoms with Gasteiger partial charge in [0.25, 0.3) is 0 Å². The highest BCUT2D eigenvalue weighted by Crippen LogP contribution is 2.64. The Morgan fingerprint density at radius 3 is 1.34 bits per heavy atom. The first kappa shape index (κ1) is 34.9. The van der Waals surface area contributed by atoms with Crippen LogP contribution >= 0.6 is 0 Å². The number of benzene rings is 9. The first-order valence-corrected chi connectivity index (χ1v) is 20.1. The van der Waals surface area contributed by atoms with E-state index in [1.54, 1.807) is 0 Å². The second-order valence-corrected chi connectivity index (χ2v) is 15.7. The van der Waals surface area contributed by atoms with Gasteiger partial charge in [-0.25, -0.2) is 8.78 Å². The molecule has 2 nitrogen and oxygen atoms in total. The van der Waals surface area contributed by atoms with Crippen LogP contribution in [0.3, 0.4) is 0 Å². The largest absolute Gasteiger partial charge is 0.310 e. The summed E-state index contributed by atoms with van der Waals surface area (Å²) in [6, 6.07) is 66.2. The molecule has 0 fully saturated rings. The topological polar surface area (TPSA) is 6.48 Å². The molecule has 9 aromatic carbocycles. The molecule has 0 saturated heterocycles. The van der Waals surface area contributed by atoms with E-state index in [9.17, 15) is 8.78 Å². The van der Waals surface area contributed by atoms with E-state index in [2.05, 4.69) is 157 Å². The minimum Gasteiger partial charge on any atom is -0.310 e. The predicted molar refractivity (Wildman–Crippen MR) is 239 cm³/mol. The summed E-state index contributed by atoms with van der Waals surface area (Å²) < 4.78 is 28.7. The van der Waals surface area contributed by atoms with E-state index >= 15 is 0 Å². The van der Waals surface area contributed by atoms with Crippen molar-refractivity contribution in [2.45, 2.75) is 19.3 Å². The van der Waals surface area contributed by atoms with Crippen LogP contribution in [0.2, 0.25) is 0 Å². The highest BCUT2D eigenvalue weighted by Gasteiger charge is 2.52. The zero-order valence-electron chi connectivity index (χ0n) is 32.6. The number of nitrogens with zero attached hydrogens (tertiary/aromatic N) is 2. The van der Waals surface area contributed by atoms with E-state index in [1.165, 1.54) is 68.8 Å². The zero-order valence-corrected chi connectivity index (χ0v) is 32.6. The van der Waals surface area contributed by atoms with E-state index in [1.807, 2.05) is 36.4 Å². The normalized spacial score (nSPS) is 12.9. The number of aryl methyl sites for hydroxylation is 2. The zero-order chi connectivity index (χ0) is 39.8. The summed E-state index contributed by atoms with van der Waals surface area (Å²) in [6.07, 6.45) is 0. The third kappa shape index (κ3) is 5.29. The van der Waals surface area contributed by atoms with Crippen LogP contribution in [0.4, 0.5) is 42.9 Å². The van der Waals surface area contributed by atoms with Gasteiger partial charge in [-0.1, -0.05) is 97.1 Å². The predicted octanol–water partition coefficient (Wildman–Crippen LogP) is 15.0. The standard InChI is InChI=1S/C55H38F2N2/c1-35-11-3-9-17-53(35)58(41-25-20-39(56)21-26-41)43-24-19-37-32-48-47-30-29-44(59(42-27-22-40(57)23-28-42)54-18-10-4-12-36(54)2)34-52(47)55(51(48)33-38(37)31-43)49-15-7-5-13-45(49)46-14-6-8-16-50(46)55/h3-34H,1-2H3.